The number of Topliss-reactive ketones (excluding diaryl/α,β-unsaturated/α-hetero) is 1. The molecule has 0 saturated carbocycles. The maximum absolute atomic E-state index is 12.8. The molecular weight excluding hydrogens is 306 g/mol. The average molecular weight is 323 g/mol. The molecule has 122 valence electrons. The number of para-hydroxylation sites is 1. The van der Waals surface area contributed by atoms with Gasteiger partial charge in [0, 0.05) is 40.0 Å². The van der Waals surface area contributed by atoms with Gasteiger partial charge in [0.25, 0.3) is 5.69 Å². The summed E-state index contributed by atoms with van der Waals surface area (Å²) in [6.45, 7) is 3.62. The summed E-state index contributed by atoms with van der Waals surface area (Å²) in [4.78, 5) is 26.5. The third-order valence-electron chi connectivity index (χ3n) is 3.97. The predicted molar refractivity (Wildman–Crippen MR) is 93.5 cm³/mol. The number of nitrogens with zero attached hydrogens (tertiary/aromatic N) is 1. The number of anilines is 1. The largest absolute Gasteiger partial charge is 0.375 e. The molecule has 3 rings (SSSR count). The molecule has 1 aromatic heterocycles. The number of hydrogen-bond acceptors (Lipinski definition) is 4. The lowest BCUT2D eigenvalue weighted by Gasteiger charge is -2.14. The number of non-ortho nitro benzene ring substituents is 1. The van der Waals surface area contributed by atoms with E-state index in [0.29, 0.717) is 11.3 Å². The summed E-state index contributed by atoms with van der Waals surface area (Å²) < 4.78 is 0. The molecule has 0 fully saturated rings. The highest BCUT2D eigenvalue weighted by Crippen LogP contribution is 2.24. The Hall–Kier alpha value is -3.15. The Morgan fingerprint density at radius 2 is 1.96 bits per heavy atom. The fraction of sp³-hybridized carbons (Fsp3) is 0.167. The topological polar surface area (TPSA) is 88.0 Å². The summed E-state index contributed by atoms with van der Waals surface area (Å²) in [6, 6.07) is 13.3. The van der Waals surface area contributed by atoms with Gasteiger partial charge in [-0.25, -0.2) is 0 Å². The molecule has 1 atom stereocenters. The van der Waals surface area contributed by atoms with Crippen molar-refractivity contribution in [3.8, 4) is 0 Å². The van der Waals surface area contributed by atoms with Gasteiger partial charge in [-0.05, 0) is 26.0 Å². The van der Waals surface area contributed by atoms with Crippen molar-refractivity contribution in [3.05, 3.63) is 69.9 Å². The first kappa shape index (κ1) is 15.7. The van der Waals surface area contributed by atoms with Crippen molar-refractivity contribution in [2.45, 2.75) is 19.9 Å². The Balaban J connectivity index is 1.88. The molecule has 0 bridgehead atoms. The minimum atomic E-state index is -0.509. The third-order valence-corrected chi connectivity index (χ3v) is 3.97. The SMILES string of the molecule is Cc1[nH]c2ccccc2c1C(=O)[C@@H](C)Nc1cccc([N+](=O)[O-])c1. The highest BCUT2D eigenvalue weighted by Gasteiger charge is 2.21. The second kappa shape index (κ2) is 6.16. The number of fused-ring (bicyclic) bond motifs is 1. The summed E-state index contributed by atoms with van der Waals surface area (Å²) in [5, 5.41) is 14.8. The van der Waals surface area contributed by atoms with Crippen molar-refractivity contribution >= 4 is 28.1 Å². The summed E-state index contributed by atoms with van der Waals surface area (Å²) in [6.07, 6.45) is 0. The zero-order valence-corrected chi connectivity index (χ0v) is 13.4. The number of aryl methyl sites for hydroxylation is 1. The Kier molecular flexibility index (Phi) is 4.04. The van der Waals surface area contributed by atoms with Crippen LogP contribution in [0.2, 0.25) is 0 Å². The highest BCUT2D eigenvalue weighted by atomic mass is 16.6. The number of benzene rings is 2. The lowest BCUT2D eigenvalue weighted by molar-refractivity contribution is -0.384. The monoisotopic (exact) mass is 323 g/mol. The van der Waals surface area contributed by atoms with Crippen molar-refractivity contribution in [1.82, 2.24) is 4.98 Å². The number of aromatic amines is 1. The van der Waals surface area contributed by atoms with Crippen LogP contribution in [0.15, 0.2) is 48.5 Å². The minimum absolute atomic E-state index is 0.0112. The smallest absolute Gasteiger partial charge is 0.271 e. The normalized spacial score (nSPS) is 12.1. The molecule has 24 heavy (non-hydrogen) atoms. The van der Waals surface area contributed by atoms with Gasteiger partial charge >= 0.3 is 0 Å². The van der Waals surface area contributed by atoms with E-state index in [0.717, 1.165) is 16.6 Å². The van der Waals surface area contributed by atoms with Crippen LogP contribution in [0.25, 0.3) is 10.9 Å². The zero-order valence-electron chi connectivity index (χ0n) is 13.4. The van der Waals surface area contributed by atoms with E-state index in [4.69, 9.17) is 0 Å². The number of carbonyl (C=O) groups excluding carboxylic acids is 1. The van der Waals surface area contributed by atoms with Gasteiger partial charge in [-0.3, -0.25) is 14.9 Å². The summed E-state index contributed by atoms with van der Waals surface area (Å²) in [7, 11) is 0. The molecule has 0 aliphatic rings. The first-order valence-electron chi connectivity index (χ1n) is 7.60. The van der Waals surface area contributed by atoms with E-state index < -0.39 is 11.0 Å². The maximum Gasteiger partial charge on any atom is 0.271 e. The Morgan fingerprint density at radius 3 is 2.71 bits per heavy atom. The molecule has 0 radical (unpaired) electrons. The lowest BCUT2D eigenvalue weighted by Crippen LogP contribution is -2.26. The number of aromatic nitrogens is 1. The Bertz CT molecular complexity index is 930. The summed E-state index contributed by atoms with van der Waals surface area (Å²) in [5.74, 6) is -0.0588. The fourth-order valence-corrected chi connectivity index (χ4v) is 2.84. The second-order valence-corrected chi connectivity index (χ2v) is 5.71. The number of nitrogens with one attached hydrogen (secondary N) is 2. The molecule has 6 nitrogen and oxygen atoms in total. The van der Waals surface area contributed by atoms with E-state index in [9.17, 15) is 14.9 Å². The Labute approximate surface area is 138 Å². The number of carbonyl (C=O) groups is 1. The molecule has 1 heterocycles. The van der Waals surface area contributed by atoms with Gasteiger partial charge in [0.2, 0.25) is 0 Å². The van der Waals surface area contributed by atoms with Crippen LogP contribution in [-0.4, -0.2) is 21.7 Å². The van der Waals surface area contributed by atoms with Gasteiger partial charge in [-0.1, -0.05) is 24.3 Å². The van der Waals surface area contributed by atoms with Gasteiger partial charge in [-0.15, -0.1) is 0 Å². The van der Waals surface area contributed by atoms with Crippen molar-refractivity contribution in [3.63, 3.8) is 0 Å². The number of rotatable bonds is 5. The third kappa shape index (κ3) is 2.86. The van der Waals surface area contributed by atoms with Crippen molar-refractivity contribution in [2.75, 3.05) is 5.32 Å². The summed E-state index contributed by atoms with van der Waals surface area (Å²) >= 11 is 0. The molecule has 6 heteroatoms. The van der Waals surface area contributed by atoms with Gasteiger partial charge in [0.05, 0.1) is 11.0 Å². The number of nitro benzene ring substituents is 1. The van der Waals surface area contributed by atoms with Crippen LogP contribution in [-0.2, 0) is 0 Å². The van der Waals surface area contributed by atoms with E-state index in [1.165, 1.54) is 12.1 Å². The average Bonchev–Trinajstić information content (AvgIpc) is 2.90. The van der Waals surface area contributed by atoms with E-state index in [-0.39, 0.29) is 11.5 Å². The molecule has 2 aromatic carbocycles. The van der Waals surface area contributed by atoms with E-state index in [1.54, 1.807) is 19.1 Å². The first-order chi connectivity index (χ1) is 11.5. The van der Waals surface area contributed by atoms with Crippen molar-refractivity contribution < 1.29 is 9.72 Å². The van der Waals surface area contributed by atoms with E-state index >= 15 is 0 Å². The van der Waals surface area contributed by atoms with E-state index in [1.807, 2.05) is 31.2 Å². The predicted octanol–water partition coefficient (Wildman–Crippen LogP) is 4.07. The van der Waals surface area contributed by atoms with Crippen LogP contribution in [0.4, 0.5) is 11.4 Å². The number of hydrogen-bond donors (Lipinski definition) is 2. The minimum Gasteiger partial charge on any atom is -0.375 e. The van der Waals surface area contributed by atoms with E-state index in [2.05, 4.69) is 10.3 Å². The van der Waals surface area contributed by atoms with Crippen LogP contribution >= 0.6 is 0 Å². The molecular formula is C18H17N3O3. The van der Waals surface area contributed by atoms with Crippen molar-refractivity contribution in [1.29, 1.82) is 0 Å². The fourth-order valence-electron chi connectivity index (χ4n) is 2.84. The molecule has 0 aliphatic heterocycles. The molecule has 0 aliphatic carbocycles. The zero-order chi connectivity index (χ0) is 17.3. The van der Waals surface area contributed by atoms with Gasteiger partial charge < -0.3 is 10.3 Å². The molecule has 2 N–H and O–H groups in total. The van der Waals surface area contributed by atoms with Crippen LogP contribution in [0.5, 0.6) is 0 Å². The van der Waals surface area contributed by atoms with Gasteiger partial charge in [-0.2, -0.15) is 0 Å². The quantitative estimate of drug-likeness (QED) is 0.421. The van der Waals surface area contributed by atoms with Crippen LogP contribution in [0.1, 0.15) is 23.0 Å². The van der Waals surface area contributed by atoms with Crippen molar-refractivity contribution in [2.24, 2.45) is 0 Å². The highest BCUT2D eigenvalue weighted by molar-refractivity contribution is 6.12. The molecule has 3 aromatic rings. The van der Waals surface area contributed by atoms with Gasteiger partial charge in [0.1, 0.15) is 0 Å². The number of H-pyrrole nitrogens is 1. The maximum atomic E-state index is 12.8. The van der Waals surface area contributed by atoms with Crippen LogP contribution in [0.3, 0.4) is 0 Å². The summed E-state index contributed by atoms with van der Waals surface area (Å²) in [5.41, 5.74) is 2.91. The number of nitro groups is 1. The Morgan fingerprint density at radius 1 is 1.21 bits per heavy atom. The first-order valence-corrected chi connectivity index (χ1v) is 7.60. The van der Waals surface area contributed by atoms with Gasteiger partial charge in [0.15, 0.2) is 5.78 Å². The lowest BCUT2D eigenvalue weighted by atomic mass is 10.0. The number of ketones is 1. The molecule has 0 amide bonds. The second-order valence-electron chi connectivity index (χ2n) is 5.71. The van der Waals surface area contributed by atoms with Crippen LogP contribution in [0, 0.1) is 17.0 Å². The molecule has 0 spiro atoms. The van der Waals surface area contributed by atoms with Crippen LogP contribution < -0.4 is 5.32 Å². The molecule has 0 saturated heterocycles. The standard InChI is InChI=1S/C18H17N3O3/c1-11-17(15-8-3-4-9-16(15)20-11)18(22)12(2)19-13-6-5-7-14(10-13)21(23)24/h3-10,12,19-20H,1-2H3/t12-/m1/s1. The molecule has 0 unspecified atom stereocenters.